The molecule has 6 heteroatoms. The lowest BCUT2D eigenvalue weighted by Gasteiger charge is -2.36. The maximum Gasteiger partial charge on any atom is 0.337 e. The van der Waals surface area contributed by atoms with Crippen LogP contribution in [-0.2, 0) is 13.1 Å². The molecule has 0 aliphatic carbocycles. The van der Waals surface area contributed by atoms with E-state index >= 15 is 0 Å². The largest absolute Gasteiger partial charge is 0.478 e. The van der Waals surface area contributed by atoms with Crippen LogP contribution in [0, 0.1) is 0 Å². The summed E-state index contributed by atoms with van der Waals surface area (Å²) in [6.45, 7) is 5.09. The van der Waals surface area contributed by atoms with Gasteiger partial charge in [0.2, 0.25) is 0 Å². The molecule has 0 amide bonds. The van der Waals surface area contributed by atoms with Crippen molar-refractivity contribution in [3.05, 3.63) is 119 Å². The van der Waals surface area contributed by atoms with Gasteiger partial charge >= 0.3 is 5.97 Å². The zero-order valence-electron chi connectivity index (χ0n) is 20.6. The maximum atomic E-state index is 11.8. The van der Waals surface area contributed by atoms with Crippen molar-refractivity contribution in [3.8, 4) is 11.1 Å². The molecular weight excluding hydrogens is 482 g/mol. The first-order chi connectivity index (χ1) is 18.1. The average molecular weight is 512 g/mol. The maximum absolute atomic E-state index is 11.8. The Labute approximate surface area is 222 Å². The lowest BCUT2D eigenvalue weighted by Crippen LogP contribution is -2.46. The Balaban J connectivity index is 1.25. The number of hydrogen-bond acceptors (Lipinski definition) is 4. The van der Waals surface area contributed by atoms with Crippen LogP contribution in [0.1, 0.15) is 21.5 Å². The number of carboxylic acid groups (broad SMARTS) is 1. The molecule has 188 valence electrons. The zero-order chi connectivity index (χ0) is 25.6. The number of nitrogens with one attached hydrogen (secondary N) is 1. The van der Waals surface area contributed by atoms with Crippen molar-refractivity contribution in [2.24, 2.45) is 0 Å². The van der Waals surface area contributed by atoms with Crippen LogP contribution in [0.4, 0.5) is 11.4 Å². The number of piperazine rings is 1. The fraction of sp³-hybridized carbons (Fsp3) is 0.194. The van der Waals surface area contributed by atoms with Crippen LogP contribution in [0.3, 0.4) is 0 Å². The molecule has 4 aromatic carbocycles. The van der Waals surface area contributed by atoms with E-state index in [9.17, 15) is 9.90 Å². The van der Waals surface area contributed by atoms with Gasteiger partial charge in [-0.05, 0) is 52.6 Å². The third-order valence-corrected chi connectivity index (χ3v) is 7.12. The van der Waals surface area contributed by atoms with Crippen LogP contribution in [0.5, 0.6) is 0 Å². The standard InChI is InChI=1S/C31H30ClN3O2/c32-26-12-10-24(11-13-26)28-9-5-4-8-25(28)22-34-16-18-35(19-17-34)27-14-15-29(31(36)37)30(20-27)33-21-23-6-2-1-3-7-23/h1-15,20,33H,16-19,21-22H2,(H,36,37). The number of anilines is 2. The molecule has 0 spiro atoms. The topological polar surface area (TPSA) is 55.8 Å². The van der Waals surface area contributed by atoms with Crippen molar-refractivity contribution < 1.29 is 9.90 Å². The molecule has 5 nitrogen and oxygen atoms in total. The van der Waals surface area contributed by atoms with E-state index in [2.05, 4.69) is 51.5 Å². The Kier molecular flexibility index (Phi) is 7.73. The minimum absolute atomic E-state index is 0.289. The van der Waals surface area contributed by atoms with Gasteiger partial charge in [-0.1, -0.05) is 78.3 Å². The van der Waals surface area contributed by atoms with Gasteiger partial charge in [0.25, 0.3) is 0 Å². The van der Waals surface area contributed by atoms with Crippen LogP contribution in [-0.4, -0.2) is 42.2 Å². The lowest BCUT2D eigenvalue weighted by molar-refractivity contribution is 0.0698. The normalized spacial score (nSPS) is 13.9. The van der Waals surface area contributed by atoms with E-state index in [1.54, 1.807) is 6.07 Å². The number of aromatic carboxylic acids is 1. The molecule has 0 bridgehead atoms. The van der Waals surface area contributed by atoms with E-state index in [4.69, 9.17) is 11.6 Å². The highest BCUT2D eigenvalue weighted by molar-refractivity contribution is 6.30. The Hall–Kier alpha value is -3.80. The van der Waals surface area contributed by atoms with Gasteiger partial charge in [0.05, 0.1) is 11.3 Å². The van der Waals surface area contributed by atoms with E-state index in [1.807, 2.05) is 54.6 Å². The minimum Gasteiger partial charge on any atom is -0.478 e. The van der Waals surface area contributed by atoms with Crippen molar-refractivity contribution in [2.45, 2.75) is 13.1 Å². The number of halogens is 1. The van der Waals surface area contributed by atoms with Gasteiger partial charge < -0.3 is 15.3 Å². The molecule has 0 unspecified atom stereocenters. The van der Waals surface area contributed by atoms with Gasteiger partial charge in [-0.25, -0.2) is 4.79 Å². The number of carboxylic acids is 1. The van der Waals surface area contributed by atoms with Crippen LogP contribution in [0.15, 0.2) is 97.1 Å². The molecule has 0 aromatic heterocycles. The zero-order valence-corrected chi connectivity index (χ0v) is 21.4. The molecule has 4 aromatic rings. The SMILES string of the molecule is O=C(O)c1ccc(N2CCN(Cc3ccccc3-c3ccc(Cl)cc3)CC2)cc1NCc1ccccc1. The summed E-state index contributed by atoms with van der Waals surface area (Å²) in [7, 11) is 0. The van der Waals surface area contributed by atoms with Gasteiger partial charge in [0, 0.05) is 50.0 Å². The van der Waals surface area contributed by atoms with Crippen molar-refractivity contribution in [3.63, 3.8) is 0 Å². The monoisotopic (exact) mass is 511 g/mol. The fourth-order valence-electron chi connectivity index (χ4n) is 4.83. The van der Waals surface area contributed by atoms with Crippen LogP contribution in [0.2, 0.25) is 5.02 Å². The molecule has 1 fully saturated rings. The Morgan fingerprint density at radius 2 is 1.54 bits per heavy atom. The summed E-state index contributed by atoms with van der Waals surface area (Å²) in [5.41, 5.74) is 6.80. The van der Waals surface area contributed by atoms with Crippen molar-refractivity contribution in [1.29, 1.82) is 0 Å². The molecule has 0 atom stereocenters. The van der Waals surface area contributed by atoms with Crippen molar-refractivity contribution in [1.82, 2.24) is 4.90 Å². The summed E-state index contributed by atoms with van der Waals surface area (Å²) in [5, 5.41) is 13.8. The molecule has 0 radical (unpaired) electrons. The second-order valence-electron chi connectivity index (χ2n) is 9.30. The molecule has 1 aliphatic heterocycles. The van der Waals surface area contributed by atoms with Crippen molar-refractivity contribution >= 4 is 28.9 Å². The average Bonchev–Trinajstić information content (AvgIpc) is 2.93. The highest BCUT2D eigenvalue weighted by atomic mass is 35.5. The quantitative estimate of drug-likeness (QED) is 0.278. The van der Waals surface area contributed by atoms with Gasteiger partial charge in [-0.2, -0.15) is 0 Å². The first-order valence-electron chi connectivity index (χ1n) is 12.5. The summed E-state index contributed by atoms with van der Waals surface area (Å²) in [6, 6.07) is 32.2. The van der Waals surface area contributed by atoms with Crippen LogP contribution in [0.25, 0.3) is 11.1 Å². The molecular formula is C31H30ClN3O2. The molecule has 2 N–H and O–H groups in total. The van der Waals surface area contributed by atoms with Gasteiger partial charge in [-0.15, -0.1) is 0 Å². The van der Waals surface area contributed by atoms with E-state index in [0.717, 1.165) is 49.0 Å². The number of nitrogens with zero attached hydrogens (tertiary/aromatic N) is 2. The van der Waals surface area contributed by atoms with E-state index in [0.29, 0.717) is 12.2 Å². The predicted molar refractivity (Wildman–Crippen MR) is 152 cm³/mol. The van der Waals surface area contributed by atoms with E-state index in [1.165, 1.54) is 16.7 Å². The first kappa shape index (κ1) is 24.9. The molecule has 1 saturated heterocycles. The highest BCUT2D eigenvalue weighted by Gasteiger charge is 2.20. The highest BCUT2D eigenvalue weighted by Crippen LogP contribution is 2.28. The Bertz CT molecular complexity index is 1350. The number of rotatable bonds is 8. The lowest BCUT2D eigenvalue weighted by atomic mass is 9.99. The summed E-state index contributed by atoms with van der Waals surface area (Å²) in [4.78, 5) is 16.6. The summed E-state index contributed by atoms with van der Waals surface area (Å²) >= 11 is 6.09. The van der Waals surface area contributed by atoms with E-state index < -0.39 is 5.97 Å². The molecule has 5 rings (SSSR count). The van der Waals surface area contributed by atoms with Gasteiger partial charge in [0.15, 0.2) is 0 Å². The predicted octanol–water partition coefficient (Wildman–Crippen LogP) is 6.64. The Morgan fingerprint density at radius 3 is 2.27 bits per heavy atom. The second kappa shape index (κ2) is 11.5. The first-order valence-corrected chi connectivity index (χ1v) is 12.9. The summed E-state index contributed by atoms with van der Waals surface area (Å²) in [5.74, 6) is -0.925. The minimum atomic E-state index is -0.925. The van der Waals surface area contributed by atoms with Gasteiger partial charge in [0.1, 0.15) is 0 Å². The Morgan fingerprint density at radius 1 is 0.838 bits per heavy atom. The molecule has 37 heavy (non-hydrogen) atoms. The number of carbonyl (C=O) groups is 1. The molecule has 1 heterocycles. The fourth-order valence-corrected chi connectivity index (χ4v) is 4.96. The third-order valence-electron chi connectivity index (χ3n) is 6.86. The van der Waals surface area contributed by atoms with E-state index in [-0.39, 0.29) is 5.56 Å². The third kappa shape index (κ3) is 6.13. The number of hydrogen-bond donors (Lipinski definition) is 2. The molecule has 1 aliphatic rings. The van der Waals surface area contributed by atoms with Crippen LogP contribution >= 0.6 is 11.6 Å². The summed E-state index contributed by atoms with van der Waals surface area (Å²) in [6.07, 6.45) is 0. The van der Waals surface area contributed by atoms with Gasteiger partial charge in [-0.3, -0.25) is 4.90 Å². The second-order valence-corrected chi connectivity index (χ2v) is 9.74. The molecule has 0 saturated carbocycles. The smallest absolute Gasteiger partial charge is 0.337 e. The van der Waals surface area contributed by atoms with Crippen molar-refractivity contribution in [2.75, 3.05) is 36.4 Å². The summed E-state index contributed by atoms with van der Waals surface area (Å²) < 4.78 is 0. The van der Waals surface area contributed by atoms with Crippen LogP contribution < -0.4 is 10.2 Å². The number of benzene rings is 4.